The molecule has 0 aliphatic carbocycles. The highest BCUT2D eigenvalue weighted by atomic mass is 32.2. The minimum absolute atomic E-state index is 0.0197. The second-order valence-corrected chi connectivity index (χ2v) is 6.13. The van der Waals surface area contributed by atoms with E-state index in [0.717, 1.165) is 11.4 Å². The van der Waals surface area contributed by atoms with Gasteiger partial charge in [0.15, 0.2) is 0 Å². The molecule has 0 saturated heterocycles. The topological polar surface area (TPSA) is 89.7 Å². The number of benzene rings is 1. The van der Waals surface area contributed by atoms with E-state index < -0.39 is 44.8 Å². The zero-order valence-electron chi connectivity index (χ0n) is 11.6. The van der Waals surface area contributed by atoms with Gasteiger partial charge in [0.2, 0.25) is 10.0 Å². The molecule has 0 heterocycles. The van der Waals surface area contributed by atoms with Crippen LogP contribution >= 0.6 is 0 Å². The summed E-state index contributed by atoms with van der Waals surface area (Å²) < 4.78 is 56.7. The smallest absolute Gasteiger partial charge is 0.321 e. The van der Waals surface area contributed by atoms with Crippen LogP contribution in [0.25, 0.3) is 0 Å². The predicted molar refractivity (Wildman–Crippen MR) is 71.8 cm³/mol. The molecule has 0 fully saturated rings. The largest absolute Gasteiger partial charge is 0.468 e. The molecule has 0 aromatic heterocycles. The Kier molecular flexibility index (Phi) is 5.62. The van der Waals surface area contributed by atoms with E-state index in [1.54, 1.807) is 6.92 Å². The maximum Gasteiger partial charge on any atom is 0.321 e. The Morgan fingerprint density at radius 1 is 1.33 bits per heavy atom. The van der Waals surface area contributed by atoms with Gasteiger partial charge < -0.3 is 10.5 Å². The van der Waals surface area contributed by atoms with Gasteiger partial charge in [0, 0.05) is 12.6 Å². The monoisotopic (exact) mass is 322 g/mol. The number of hydrogen-bond donors (Lipinski definition) is 1. The third-order valence-electron chi connectivity index (χ3n) is 2.68. The number of anilines is 1. The van der Waals surface area contributed by atoms with E-state index in [9.17, 15) is 22.0 Å². The van der Waals surface area contributed by atoms with Gasteiger partial charge in [-0.1, -0.05) is 6.92 Å². The Morgan fingerprint density at radius 2 is 1.95 bits per heavy atom. The number of nitrogen functional groups attached to an aromatic ring is 1. The average molecular weight is 322 g/mol. The summed E-state index contributed by atoms with van der Waals surface area (Å²) in [6.45, 7) is 1.10. The van der Waals surface area contributed by atoms with Crippen LogP contribution in [0.4, 0.5) is 14.5 Å². The van der Waals surface area contributed by atoms with E-state index in [1.165, 1.54) is 0 Å². The summed E-state index contributed by atoms with van der Waals surface area (Å²) in [6, 6.07) is 1.09. The predicted octanol–water partition coefficient (Wildman–Crippen LogP) is 1.12. The number of carbonyl (C=O) groups excluding carboxylic acids is 1. The second kappa shape index (κ2) is 6.81. The van der Waals surface area contributed by atoms with E-state index in [4.69, 9.17) is 5.73 Å². The zero-order chi connectivity index (χ0) is 16.2. The molecule has 1 aromatic rings. The van der Waals surface area contributed by atoms with Crippen molar-refractivity contribution in [3.05, 3.63) is 23.8 Å². The minimum Gasteiger partial charge on any atom is -0.468 e. The number of esters is 1. The maximum absolute atomic E-state index is 13.7. The van der Waals surface area contributed by atoms with Gasteiger partial charge in [0.1, 0.15) is 23.1 Å². The quantitative estimate of drug-likeness (QED) is 0.626. The fraction of sp³-hybridized carbons (Fsp3) is 0.417. The number of methoxy groups -OCH3 is 1. The molecule has 0 aliphatic heterocycles. The summed E-state index contributed by atoms with van der Waals surface area (Å²) in [6.07, 6.45) is 0.397. The number of halogens is 2. The Hall–Kier alpha value is -1.74. The number of nitrogens with zero attached hydrogens (tertiary/aromatic N) is 1. The number of sulfonamides is 1. The van der Waals surface area contributed by atoms with Crippen LogP contribution in [0.1, 0.15) is 13.3 Å². The van der Waals surface area contributed by atoms with Crippen LogP contribution in [0.15, 0.2) is 17.0 Å². The molecule has 0 aliphatic rings. The lowest BCUT2D eigenvalue weighted by molar-refractivity contribution is -0.140. The standard InChI is InChI=1S/C12H16F2N2O4S/c1-3-4-16(7-12(17)20-2)21(18,19)11-6-10(15)8(13)5-9(11)14/h5-6H,3-4,7,15H2,1-2H3. The molecular formula is C12H16F2N2O4S. The summed E-state index contributed by atoms with van der Waals surface area (Å²) in [7, 11) is -3.22. The van der Waals surface area contributed by atoms with Crippen molar-refractivity contribution in [2.24, 2.45) is 0 Å². The number of carbonyl (C=O) groups is 1. The Labute approximate surface area is 121 Å². The molecular weight excluding hydrogens is 306 g/mol. The molecule has 0 saturated carbocycles. The molecule has 118 valence electrons. The van der Waals surface area contributed by atoms with Crippen molar-refractivity contribution in [2.75, 3.05) is 25.9 Å². The first kappa shape index (κ1) is 17.3. The molecule has 1 rings (SSSR count). The summed E-state index contributed by atoms with van der Waals surface area (Å²) in [4.78, 5) is 10.5. The highest BCUT2D eigenvalue weighted by Gasteiger charge is 2.30. The molecule has 0 atom stereocenters. The molecule has 2 N–H and O–H groups in total. The summed E-state index contributed by atoms with van der Waals surface area (Å²) in [5.41, 5.74) is 4.78. The number of rotatable bonds is 6. The molecule has 0 bridgehead atoms. The molecule has 0 radical (unpaired) electrons. The Bertz CT molecular complexity index is 634. The van der Waals surface area contributed by atoms with Crippen molar-refractivity contribution >= 4 is 21.7 Å². The lowest BCUT2D eigenvalue weighted by atomic mass is 10.3. The van der Waals surface area contributed by atoms with Crippen molar-refractivity contribution in [2.45, 2.75) is 18.2 Å². The third-order valence-corrected chi connectivity index (χ3v) is 4.54. The van der Waals surface area contributed by atoms with Crippen LogP contribution in [0.5, 0.6) is 0 Å². The molecule has 9 heteroatoms. The summed E-state index contributed by atoms with van der Waals surface area (Å²) in [5, 5.41) is 0. The number of hydrogen-bond acceptors (Lipinski definition) is 5. The fourth-order valence-corrected chi connectivity index (χ4v) is 3.18. The second-order valence-electron chi connectivity index (χ2n) is 4.22. The van der Waals surface area contributed by atoms with Gasteiger partial charge in [-0.25, -0.2) is 17.2 Å². The lowest BCUT2D eigenvalue weighted by Gasteiger charge is -2.20. The fourth-order valence-electron chi connectivity index (χ4n) is 1.62. The van der Waals surface area contributed by atoms with Crippen molar-refractivity contribution < 1.29 is 26.7 Å². The maximum atomic E-state index is 13.7. The van der Waals surface area contributed by atoms with Crippen LogP contribution in [0.2, 0.25) is 0 Å². The van der Waals surface area contributed by atoms with Crippen molar-refractivity contribution in [1.82, 2.24) is 4.31 Å². The van der Waals surface area contributed by atoms with Gasteiger partial charge in [-0.15, -0.1) is 0 Å². The van der Waals surface area contributed by atoms with Gasteiger partial charge in [0.05, 0.1) is 12.8 Å². The molecule has 21 heavy (non-hydrogen) atoms. The van der Waals surface area contributed by atoms with Crippen molar-refractivity contribution in [3.63, 3.8) is 0 Å². The molecule has 0 amide bonds. The first-order valence-electron chi connectivity index (χ1n) is 6.05. The first-order chi connectivity index (χ1) is 9.73. The van der Waals surface area contributed by atoms with E-state index >= 15 is 0 Å². The Morgan fingerprint density at radius 3 is 2.48 bits per heavy atom. The van der Waals surface area contributed by atoms with Crippen LogP contribution < -0.4 is 5.73 Å². The van der Waals surface area contributed by atoms with Crippen LogP contribution in [0.3, 0.4) is 0 Å². The lowest BCUT2D eigenvalue weighted by Crippen LogP contribution is -2.37. The third kappa shape index (κ3) is 3.88. The normalized spacial score (nSPS) is 11.7. The number of ether oxygens (including phenoxy) is 1. The molecule has 6 nitrogen and oxygen atoms in total. The summed E-state index contributed by atoms with van der Waals surface area (Å²) in [5.74, 6) is -3.11. The van der Waals surface area contributed by atoms with Crippen LogP contribution in [0, 0.1) is 11.6 Å². The molecule has 0 unspecified atom stereocenters. The van der Waals surface area contributed by atoms with E-state index in [1.807, 2.05) is 0 Å². The molecule has 1 aromatic carbocycles. The zero-order valence-corrected chi connectivity index (χ0v) is 12.4. The van der Waals surface area contributed by atoms with E-state index in [0.29, 0.717) is 18.6 Å². The van der Waals surface area contributed by atoms with Crippen molar-refractivity contribution in [1.29, 1.82) is 0 Å². The molecule has 0 spiro atoms. The minimum atomic E-state index is -4.33. The van der Waals surface area contributed by atoms with E-state index in [2.05, 4.69) is 4.74 Å². The summed E-state index contributed by atoms with van der Waals surface area (Å²) >= 11 is 0. The number of nitrogens with two attached hydrogens (primary N) is 1. The van der Waals surface area contributed by atoms with Gasteiger partial charge in [0.25, 0.3) is 0 Å². The van der Waals surface area contributed by atoms with E-state index in [-0.39, 0.29) is 6.54 Å². The highest BCUT2D eigenvalue weighted by molar-refractivity contribution is 7.89. The Balaban J connectivity index is 3.28. The van der Waals surface area contributed by atoms with Gasteiger partial charge >= 0.3 is 5.97 Å². The van der Waals surface area contributed by atoms with Gasteiger partial charge in [-0.3, -0.25) is 4.79 Å². The van der Waals surface area contributed by atoms with Crippen molar-refractivity contribution in [3.8, 4) is 0 Å². The van der Waals surface area contributed by atoms with Gasteiger partial charge in [-0.2, -0.15) is 4.31 Å². The average Bonchev–Trinajstić information content (AvgIpc) is 2.41. The SMILES string of the molecule is CCCN(CC(=O)OC)S(=O)(=O)c1cc(N)c(F)cc1F. The van der Waals surface area contributed by atoms with Crippen LogP contribution in [-0.4, -0.2) is 38.9 Å². The van der Waals surface area contributed by atoms with Gasteiger partial charge in [-0.05, 0) is 12.5 Å². The first-order valence-corrected chi connectivity index (χ1v) is 7.49. The van der Waals surface area contributed by atoms with Crippen LogP contribution in [-0.2, 0) is 19.6 Å². The highest BCUT2D eigenvalue weighted by Crippen LogP contribution is 2.24.